The molecule has 2 atom stereocenters. The molecule has 1 aromatic rings. The van der Waals surface area contributed by atoms with Crippen LogP contribution in [-0.4, -0.2) is 11.9 Å². The zero-order valence-corrected chi connectivity index (χ0v) is 10.6. The monoisotopic (exact) mass is 258 g/mol. The number of anilines is 1. The van der Waals surface area contributed by atoms with Crippen LogP contribution < -0.4 is 11.1 Å². The standard InChI is InChI=1S/C12H16ClFN2O/c1-3-7(2)10(15)12(17)16-11-8(13)5-4-6-9(11)14/h4-7,10H,3,15H2,1-2H3,(H,16,17). The largest absolute Gasteiger partial charge is 0.321 e. The molecule has 0 aliphatic heterocycles. The highest BCUT2D eigenvalue weighted by Gasteiger charge is 2.21. The van der Waals surface area contributed by atoms with Crippen molar-refractivity contribution >= 4 is 23.2 Å². The molecule has 0 radical (unpaired) electrons. The third kappa shape index (κ3) is 3.41. The Bertz CT molecular complexity index is 391. The Morgan fingerprint density at radius 1 is 1.59 bits per heavy atom. The molecule has 1 amide bonds. The number of hydrogen-bond donors (Lipinski definition) is 2. The van der Waals surface area contributed by atoms with Crippen molar-refractivity contribution in [2.75, 3.05) is 5.32 Å². The summed E-state index contributed by atoms with van der Waals surface area (Å²) in [6.45, 7) is 3.81. The lowest BCUT2D eigenvalue weighted by Crippen LogP contribution is -2.40. The van der Waals surface area contributed by atoms with Gasteiger partial charge in [0.25, 0.3) is 0 Å². The molecule has 0 saturated carbocycles. The lowest BCUT2D eigenvalue weighted by atomic mass is 9.99. The second kappa shape index (κ2) is 5.98. The Kier molecular flexibility index (Phi) is 4.90. The fraction of sp³-hybridized carbons (Fsp3) is 0.417. The van der Waals surface area contributed by atoms with Gasteiger partial charge < -0.3 is 11.1 Å². The maximum Gasteiger partial charge on any atom is 0.241 e. The highest BCUT2D eigenvalue weighted by Crippen LogP contribution is 2.25. The Hall–Kier alpha value is -1.13. The van der Waals surface area contributed by atoms with E-state index in [0.29, 0.717) is 0 Å². The van der Waals surface area contributed by atoms with Gasteiger partial charge in [-0.3, -0.25) is 4.79 Å². The fourth-order valence-electron chi connectivity index (χ4n) is 1.34. The van der Waals surface area contributed by atoms with E-state index in [-0.39, 0.29) is 16.6 Å². The average Bonchev–Trinajstić information content (AvgIpc) is 2.31. The highest BCUT2D eigenvalue weighted by molar-refractivity contribution is 6.33. The Labute approximate surface area is 105 Å². The van der Waals surface area contributed by atoms with Gasteiger partial charge in [-0.05, 0) is 18.1 Å². The lowest BCUT2D eigenvalue weighted by Gasteiger charge is -2.18. The maximum absolute atomic E-state index is 13.4. The molecule has 0 heterocycles. The minimum absolute atomic E-state index is 0.0158. The molecule has 0 fully saturated rings. The van der Waals surface area contributed by atoms with Gasteiger partial charge in [0.05, 0.1) is 16.8 Å². The van der Waals surface area contributed by atoms with Crippen molar-refractivity contribution in [2.45, 2.75) is 26.3 Å². The minimum Gasteiger partial charge on any atom is -0.321 e. The Balaban J connectivity index is 2.81. The SMILES string of the molecule is CCC(C)C(N)C(=O)Nc1c(F)cccc1Cl. The van der Waals surface area contributed by atoms with Crippen molar-refractivity contribution in [2.24, 2.45) is 11.7 Å². The third-order valence-electron chi connectivity index (χ3n) is 2.77. The molecule has 1 rings (SSSR count). The van der Waals surface area contributed by atoms with Crippen molar-refractivity contribution in [1.82, 2.24) is 0 Å². The number of halogens is 2. The third-order valence-corrected chi connectivity index (χ3v) is 3.09. The number of para-hydroxylation sites is 1. The van der Waals surface area contributed by atoms with E-state index in [2.05, 4.69) is 5.32 Å². The van der Waals surface area contributed by atoms with E-state index in [1.54, 1.807) is 0 Å². The van der Waals surface area contributed by atoms with Gasteiger partial charge in [-0.15, -0.1) is 0 Å². The number of nitrogens with one attached hydrogen (secondary N) is 1. The van der Waals surface area contributed by atoms with E-state index in [0.717, 1.165) is 6.42 Å². The first kappa shape index (κ1) is 13.9. The molecule has 17 heavy (non-hydrogen) atoms. The number of benzene rings is 1. The molecule has 3 N–H and O–H groups in total. The summed E-state index contributed by atoms with van der Waals surface area (Å²) in [6.07, 6.45) is 0.777. The smallest absolute Gasteiger partial charge is 0.241 e. The van der Waals surface area contributed by atoms with Gasteiger partial charge in [0.15, 0.2) is 0 Å². The first-order valence-electron chi connectivity index (χ1n) is 5.47. The van der Waals surface area contributed by atoms with Crippen LogP contribution in [0.4, 0.5) is 10.1 Å². The maximum atomic E-state index is 13.4. The van der Waals surface area contributed by atoms with E-state index in [1.807, 2.05) is 13.8 Å². The summed E-state index contributed by atoms with van der Waals surface area (Å²) >= 11 is 5.80. The van der Waals surface area contributed by atoms with Gasteiger partial charge in [0.2, 0.25) is 5.91 Å². The van der Waals surface area contributed by atoms with Crippen LogP contribution in [0.3, 0.4) is 0 Å². The number of amides is 1. The molecule has 0 spiro atoms. The minimum atomic E-state index is -0.671. The van der Waals surface area contributed by atoms with Crippen LogP contribution in [0.15, 0.2) is 18.2 Å². The molecule has 0 saturated heterocycles. The molecule has 0 bridgehead atoms. The molecule has 2 unspecified atom stereocenters. The van der Waals surface area contributed by atoms with Gasteiger partial charge in [-0.1, -0.05) is 37.9 Å². The average molecular weight is 259 g/mol. The van der Waals surface area contributed by atoms with Crippen LogP contribution in [0.25, 0.3) is 0 Å². The number of carbonyl (C=O) groups excluding carboxylic acids is 1. The summed E-state index contributed by atoms with van der Waals surface area (Å²) < 4.78 is 13.4. The summed E-state index contributed by atoms with van der Waals surface area (Å²) in [6, 6.07) is 3.54. The molecular formula is C12H16ClFN2O. The molecule has 94 valence electrons. The van der Waals surface area contributed by atoms with Crippen LogP contribution >= 0.6 is 11.6 Å². The summed E-state index contributed by atoms with van der Waals surface area (Å²) in [4.78, 5) is 11.8. The Morgan fingerprint density at radius 2 is 2.24 bits per heavy atom. The van der Waals surface area contributed by atoms with Crippen molar-refractivity contribution in [3.63, 3.8) is 0 Å². The zero-order chi connectivity index (χ0) is 13.0. The van der Waals surface area contributed by atoms with E-state index < -0.39 is 17.8 Å². The number of nitrogens with two attached hydrogens (primary N) is 1. The van der Waals surface area contributed by atoms with Crippen LogP contribution in [0.1, 0.15) is 20.3 Å². The van der Waals surface area contributed by atoms with Gasteiger partial charge in [0.1, 0.15) is 5.82 Å². The summed E-state index contributed by atoms with van der Waals surface area (Å²) in [5.41, 5.74) is 5.73. The van der Waals surface area contributed by atoms with E-state index in [4.69, 9.17) is 17.3 Å². The van der Waals surface area contributed by atoms with Crippen LogP contribution in [-0.2, 0) is 4.79 Å². The lowest BCUT2D eigenvalue weighted by molar-refractivity contribution is -0.118. The summed E-state index contributed by atoms with van der Waals surface area (Å²) in [7, 11) is 0. The predicted molar refractivity (Wildman–Crippen MR) is 67.5 cm³/mol. The highest BCUT2D eigenvalue weighted by atomic mass is 35.5. The molecule has 5 heteroatoms. The van der Waals surface area contributed by atoms with Crippen LogP contribution in [0, 0.1) is 11.7 Å². The van der Waals surface area contributed by atoms with E-state index in [1.165, 1.54) is 18.2 Å². The normalized spacial score (nSPS) is 14.2. The van der Waals surface area contributed by atoms with E-state index >= 15 is 0 Å². The molecule has 3 nitrogen and oxygen atoms in total. The van der Waals surface area contributed by atoms with Gasteiger partial charge in [-0.25, -0.2) is 4.39 Å². The number of hydrogen-bond acceptors (Lipinski definition) is 2. The second-order valence-corrected chi connectivity index (χ2v) is 4.40. The van der Waals surface area contributed by atoms with Crippen LogP contribution in [0.5, 0.6) is 0 Å². The predicted octanol–water partition coefficient (Wildman–Crippen LogP) is 2.79. The second-order valence-electron chi connectivity index (χ2n) is 4.00. The molecular weight excluding hydrogens is 243 g/mol. The molecule has 0 aliphatic rings. The topological polar surface area (TPSA) is 55.1 Å². The van der Waals surface area contributed by atoms with Gasteiger partial charge in [-0.2, -0.15) is 0 Å². The van der Waals surface area contributed by atoms with Gasteiger partial charge in [0, 0.05) is 0 Å². The zero-order valence-electron chi connectivity index (χ0n) is 9.84. The quantitative estimate of drug-likeness (QED) is 0.873. The summed E-state index contributed by atoms with van der Waals surface area (Å²) in [5, 5.41) is 2.58. The van der Waals surface area contributed by atoms with E-state index in [9.17, 15) is 9.18 Å². The first-order chi connectivity index (χ1) is 7.97. The van der Waals surface area contributed by atoms with Crippen molar-refractivity contribution in [1.29, 1.82) is 0 Å². The molecule has 0 aromatic heterocycles. The van der Waals surface area contributed by atoms with Gasteiger partial charge >= 0.3 is 0 Å². The van der Waals surface area contributed by atoms with Crippen molar-refractivity contribution < 1.29 is 9.18 Å². The Morgan fingerprint density at radius 3 is 2.76 bits per heavy atom. The molecule has 1 aromatic carbocycles. The fourth-order valence-corrected chi connectivity index (χ4v) is 1.55. The number of carbonyl (C=O) groups is 1. The van der Waals surface area contributed by atoms with Crippen molar-refractivity contribution in [3.05, 3.63) is 29.0 Å². The van der Waals surface area contributed by atoms with Crippen LogP contribution in [0.2, 0.25) is 5.02 Å². The molecule has 0 aliphatic carbocycles. The number of rotatable bonds is 4. The summed E-state index contributed by atoms with van der Waals surface area (Å²) in [5.74, 6) is -0.964. The first-order valence-corrected chi connectivity index (χ1v) is 5.85. The van der Waals surface area contributed by atoms with Crippen molar-refractivity contribution in [3.8, 4) is 0 Å².